The summed E-state index contributed by atoms with van der Waals surface area (Å²) in [7, 11) is 1.39. The van der Waals surface area contributed by atoms with E-state index in [2.05, 4.69) is 10.0 Å². The summed E-state index contributed by atoms with van der Waals surface area (Å²) in [6, 6.07) is -0.662. The van der Waals surface area contributed by atoms with E-state index in [1.165, 1.54) is 7.05 Å². The van der Waals surface area contributed by atoms with Crippen LogP contribution in [0.5, 0.6) is 0 Å². The third-order valence-corrected chi connectivity index (χ3v) is 1.28. The predicted molar refractivity (Wildman–Crippen MR) is 50.2 cm³/mol. The maximum Gasteiger partial charge on any atom is 0.320 e. The highest BCUT2D eigenvalue weighted by Crippen LogP contribution is 1.96. The van der Waals surface area contributed by atoms with Crippen molar-refractivity contribution in [2.45, 2.75) is 32.2 Å². The Morgan fingerprint density at radius 3 is 2.46 bits per heavy atom. The van der Waals surface area contributed by atoms with Crippen LogP contribution in [0.3, 0.4) is 0 Å². The van der Waals surface area contributed by atoms with E-state index >= 15 is 0 Å². The van der Waals surface area contributed by atoms with Crippen molar-refractivity contribution in [2.24, 2.45) is 10.8 Å². The van der Waals surface area contributed by atoms with Gasteiger partial charge in [0.05, 0.1) is 0 Å². The lowest BCUT2D eigenvalue weighted by Gasteiger charge is -2.02. The lowest BCUT2D eigenvalue weighted by atomic mass is 10.1. The van der Waals surface area contributed by atoms with E-state index in [0.717, 1.165) is 12.8 Å². The molecule has 0 heterocycles. The molecule has 0 aromatic rings. The minimum atomic E-state index is -0.900. The van der Waals surface area contributed by atoms with Gasteiger partial charge in [0, 0.05) is 12.0 Å². The Bertz CT molecular complexity index is 177. The Morgan fingerprint density at radius 1 is 1.77 bits per heavy atom. The van der Waals surface area contributed by atoms with Crippen LogP contribution < -0.4 is 5.73 Å². The van der Waals surface area contributed by atoms with Gasteiger partial charge in [-0.05, 0) is 12.0 Å². The average Bonchev–Trinajstić information content (AvgIpc) is 2.14. The third kappa shape index (κ3) is 13.7. The second-order valence-electron chi connectivity index (χ2n) is 2.38. The summed E-state index contributed by atoms with van der Waals surface area (Å²) >= 11 is 0. The standard InChI is InChI=1S/C6H13NO2.CH3N3/c1-2-3-4-5(7)6(8)9;1-3-4-2/h5H,2-4,7H2,1H3,(H,8,9);1H3. The molecule has 0 aliphatic carbocycles. The van der Waals surface area contributed by atoms with Crippen LogP contribution in [-0.4, -0.2) is 24.2 Å². The molecule has 0 fully saturated rings. The van der Waals surface area contributed by atoms with Crippen molar-refractivity contribution in [1.82, 2.24) is 0 Å². The quantitative estimate of drug-likeness (QED) is 0.396. The largest absolute Gasteiger partial charge is 0.480 e. The van der Waals surface area contributed by atoms with Crippen molar-refractivity contribution in [3.63, 3.8) is 0 Å². The van der Waals surface area contributed by atoms with E-state index in [4.69, 9.17) is 16.4 Å². The molecule has 0 saturated carbocycles. The summed E-state index contributed by atoms with van der Waals surface area (Å²) in [6.07, 6.45) is 2.49. The molecule has 1 unspecified atom stereocenters. The maximum atomic E-state index is 10.1. The summed E-state index contributed by atoms with van der Waals surface area (Å²) < 4.78 is 0. The summed E-state index contributed by atoms with van der Waals surface area (Å²) in [5.41, 5.74) is 12.5. The molecule has 0 amide bonds. The van der Waals surface area contributed by atoms with Crippen LogP contribution in [0.4, 0.5) is 0 Å². The Kier molecular flexibility index (Phi) is 11.8. The zero-order valence-corrected chi connectivity index (χ0v) is 7.97. The molecular weight excluding hydrogens is 172 g/mol. The highest BCUT2D eigenvalue weighted by molar-refractivity contribution is 5.72. The van der Waals surface area contributed by atoms with Crippen molar-refractivity contribution in [2.75, 3.05) is 7.05 Å². The first-order valence-electron chi connectivity index (χ1n) is 4.01. The van der Waals surface area contributed by atoms with Crippen LogP contribution in [-0.2, 0) is 4.79 Å². The Morgan fingerprint density at radius 2 is 2.23 bits per heavy atom. The van der Waals surface area contributed by atoms with Crippen LogP contribution in [0.15, 0.2) is 5.11 Å². The molecule has 0 aromatic heterocycles. The van der Waals surface area contributed by atoms with Crippen LogP contribution in [0.1, 0.15) is 26.2 Å². The summed E-state index contributed by atoms with van der Waals surface area (Å²) in [5, 5.41) is 11.2. The number of rotatable bonds is 4. The van der Waals surface area contributed by atoms with Gasteiger partial charge in [0.2, 0.25) is 0 Å². The fraction of sp³-hybridized carbons (Fsp3) is 0.857. The van der Waals surface area contributed by atoms with Crippen molar-refractivity contribution < 1.29 is 9.90 Å². The molecule has 0 aromatic carbocycles. The first-order valence-corrected chi connectivity index (χ1v) is 4.01. The van der Waals surface area contributed by atoms with Gasteiger partial charge in [-0.1, -0.05) is 24.9 Å². The minimum Gasteiger partial charge on any atom is -0.480 e. The van der Waals surface area contributed by atoms with E-state index in [1.54, 1.807) is 0 Å². The zero-order chi connectivity index (χ0) is 10.7. The summed E-state index contributed by atoms with van der Waals surface area (Å²) in [5.74, 6) is -0.900. The highest BCUT2D eigenvalue weighted by Gasteiger charge is 2.08. The van der Waals surface area contributed by atoms with E-state index < -0.39 is 12.0 Å². The van der Waals surface area contributed by atoms with Crippen LogP contribution in [0.2, 0.25) is 0 Å². The molecule has 0 saturated heterocycles. The normalized spacial score (nSPS) is 10.4. The molecular formula is C7H16N4O2. The number of carbonyl (C=O) groups is 1. The molecule has 13 heavy (non-hydrogen) atoms. The van der Waals surface area contributed by atoms with Crippen LogP contribution >= 0.6 is 0 Å². The van der Waals surface area contributed by atoms with E-state index in [9.17, 15) is 4.79 Å². The number of carboxylic acids is 1. The average molecular weight is 188 g/mol. The number of azide groups is 1. The van der Waals surface area contributed by atoms with Gasteiger partial charge in [0.1, 0.15) is 6.04 Å². The second-order valence-corrected chi connectivity index (χ2v) is 2.38. The van der Waals surface area contributed by atoms with Crippen molar-refractivity contribution in [3.05, 3.63) is 10.4 Å². The van der Waals surface area contributed by atoms with Gasteiger partial charge < -0.3 is 10.8 Å². The molecule has 1 atom stereocenters. The minimum absolute atomic E-state index is 0.589. The van der Waals surface area contributed by atoms with Gasteiger partial charge in [-0.3, -0.25) is 4.79 Å². The van der Waals surface area contributed by atoms with Crippen molar-refractivity contribution in [1.29, 1.82) is 0 Å². The second kappa shape index (κ2) is 10.7. The molecule has 0 aliphatic rings. The van der Waals surface area contributed by atoms with Crippen molar-refractivity contribution in [3.8, 4) is 0 Å². The third-order valence-electron chi connectivity index (χ3n) is 1.28. The van der Waals surface area contributed by atoms with E-state index in [0.29, 0.717) is 6.42 Å². The lowest BCUT2D eigenvalue weighted by molar-refractivity contribution is -0.138. The maximum absolute atomic E-state index is 10.1. The Hall–Kier alpha value is -1.26. The van der Waals surface area contributed by atoms with E-state index in [1.807, 2.05) is 6.92 Å². The highest BCUT2D eigenvalue weighted by atomic mass is 16.4. The van der Waals surface area contributed by atoms with Crippen LogP contribution in [0, 0.1) is 0 Å². The summed E-state index contributed by atoms with van der Waals surface area (Å²) in [6.45, 7) is 2.01. The smallest absolute Gasteiger partial charge is 0.320 e. The fourth-order valence-electron chi connectivity index (χ4n) is 0.548. The summed E-state index contributed by atoms with van der Waals surface area (Å²) in [4.78, 5) is 12.4. The predicted octanol–water partition coefficient (Wildman–Crippen LogP) is 1.51. The number of unbranched alkanes of at least 4 members (excludes halogenated alkanes) is 1. The topological polar surface area (TPSA) is 112 Å². The molecule has 6 heteroatoms. The number of hydrogen-bond acceptors (Lipinski definition) is 3. The number of nitrogens with zero attached hydrogens (tertiary/aromatic N) is 3. The van der Waals surface area contributed by atoms with E-state index in [-0.39, 0.29) is 0 Å². The lowest BCUT2D eigenvalue weighted by Crippen LogP contribution is -2.29. The molecule has 0 bridgehead atoms. The Labute approximate surface area is 77.4 Å². The first-order chi connectivity index (χ1) is 6.09. The van der Waals surface area contributed by atoms with Gasteiger partial charge in [-0.15, -0.1) is 0 Å². The molecule has 0 radical (unpaired) electrons. The van der Waals surface area contributed by atoms with Gasteiger partial charge >= 0.3 is 5.97 Å². The Balaban J connectivity index is 0. The number of hydrogen-bond donors (Lipinski definition) is 2. The van der Waals surface area contributed by atoms with Crippen molar-refractivity contribution >= 4 is 5.97 Å². The molecule has 6 nitrogen and oxygen atoms in total. The number of aliphatic carboxylic acids is 1. The number of carboxylic acid groups (broad SMARTS) is 1. The molecule has 0 rings (SSSR count). The van der Waals surface area contributed by atoms with Gasteiger partial charge in [-0.2, -0.15) is 0 Å². The molecule has 76 valence electrons. The molecule has 0 aliphatic heterocycles. The van der Waals surface area contributed by atoms with Gasteiger partial charge in [0.25, 0.3) is 0 Å². The SMILES string of the molecule is CCCCC(N)C(=O)O.CN=[N+]=[N-]. The molecule has 3 N–H and O–H groups in total. The molecule has 0 spiro atoms. The number of nitrogens with two attached hydrogens (primary N) is 1. The van der Waals surface area contributed by atoms with Crippen LogP contribution in [0.25, 0.3) is 10.4 Å². The first kappa shape index (κ1) is 14.3. The van der Waals surface area contributed by atoms with Gasteiger partial charge in [0.15, 0.2) is 0 Å². The van der Waals surface area contributed by atoms with Gasteiger partial charge in [-0.25, -0.2) is 0 Å². The fourth-order valence-corrected chi connectivity index (χ4v) is 0.548. The monoisotopic (exact) mass is 188 g/mol. The zero-order valence-electron chi connectivity index (χ0n) is 7.97.